The summed E-state index contributed by atoms with van der Waals surface area (Å²) in [5.74, 6) is 0.285. The van der Waals surface area contributed by atoms with E-state index in [9.17, 15) is 4.79 Å². The maximum Gasteiger partial charge on any atom is 0.229 e. The minimum absolute atomic E-state index is 0.0422. The summed E-state index contributed by atoms with van der Waals surface area (Å²) in [6, 6.07) is 0.597. The fourth-order valence-corrected chi connectivity index (χ4v) is 1.81. The van der Waals surface area contributed by atoms with Gasteiger partial charge < -0.3 is 10.6 Å². The van der Waals surface area contributed by atoms with Crippen LogP contribution in [0.2, 0.25) is 0 Å². The number of amides is 1. The van der Waals surface area contributed by atoms with Crippen molar-refractivity contribution in [1.82, 2.24) is 4.90 Å². The summed E-state index contributed by atoms with van der Waals surface area (Å²) in [7, 11) is 1.90. The average molecular weight is 180 g/mol. The zero-order chi connectivity index (χ0) is 9.42. The van der Waals surface area contributed by atoms with Crippen LogP contribution in [0.4, 0.5) is 0 Å². The second kappa shape index (κ2) is 3.14. The molecule has 1 fully saturated rings. The van der Waals surface area contributed by atoms with Gasteiger partial charge in [0.2, 0.25) is 5.91 Å². The van der Waals surface area contributed by atoms with E-state index < -0.39 is 0 Å². The standard InChI is InChI=1S/C10H16N2O/c1-12(9-4-5-9)10(13)7-2-3-8(11)6-7/h2-3,7-9H,4-6,11H2,1H3. The van der Waals surface area contributed by atoms with Crippen molar-refractivity contribution in [2.75, 3.05) is 7.05 Å². The molecule has 0 heterocycles. The molecular weight excluding hydrogens is 164 g/mol. The van der Waals surface area contributed by atoms with Crippen LogP contribution in [0.3, 0.4) is 0 Å². The third-order valence-electron chi connectivity index (χ3n) is 2.88. The molecule has 0 aromatic heterocycles. The van der Waals surface area contributed by atoms with Crippen molar-refractivity contribution in [3.63, 3.8) is 0 Å². The lowest BCUT2D eigenvalue weighted by Crippen LogP contribution is -2.34. The first kappa shape index (κ1) is 8.75. The van der Waals surface area contributed by atoms with Crippen LogP contribution in [0, 0.1) is 5.92 Å². The highest BCUT2D eigenvalue weighted by molar-refractivity contribution is 5.81. The maximum atomic E-state index is 11.8. The Kier molecular flexibility index (Phi) is 2.12. The van der Waals surface area contributed by atoms with Crippen LogP contribution in [0.5, 0.6) is 0 Å². The number of nitrogens with two attached hydrogens (primary N) is 1. The van der Waals surface area contributed by atoms with Crippen molar-refractivity contribution in [3.05, 3.63) is 12.2 Å². The number of carbonyl (C=O) groups excluding carboxylic acids is 1. The van der Waals surface area contributed by atoms with Gasteiger partial charge in [0.05, 0.1) is 5.92 Å². The van der Waals surface area contributed by atoms with Gasteiger partial charge in [0.15, 0.2) is 0 Å². The molecule has 2 aliphatic rings. The molecule has 0 saturated heterocycles. The number of carbonyl (C=O) groups is 1. The first-order valence-electron chi connectivity index (χ1n) is 4.89. The quantitative estimate of drug-likeness (QED) is 0.629. The molecule has 13 heavy (non-hydrogen) atoms. The van der Waals surface area contributed by atoms with Crippen molar-refractivity contribution < 1.29 is 4.79 Å². The number of rotatable bonds is 2. The summed E-state index contributed by atoms with van der Waals surface area (Å²) in [5, 5.41) is 0. The third-order valence-corrected chi connectivity index (χ3v) is 2.88. The van der Waals surface area contributed by atoms with Gasteiger partial charge in [0, 0.05) is 19.1 Å². The molecule has 0 aromatic rings. The average Bonchev–Trinajstić information content (AvgIpc) is 2.87. The highest BCUT2D eigenvalue weighted by Crippen LogP contribution is 2.28. The van der Waals surface area contributed by atoms with Crippen LogP contribution in [-0.4, -0.2) is 29.9 Å². The SMILES string of the molecule is CN(C(=O)C1C=CC(N)C1)C1CC1. The molecule has 0 aliphatic heterocycles. The summed E-state index contributed by atoms with van der Waals surface area (Å²) < 4.78 is 0. The molecule has 1 saturated carbocycles. The number of nitrogens with zero attached hydrogens (tertiary/aromatic N) is 1. The van der Waals surface area contributed by atoms with Crippen LogP contribution in [-0.2, 0) is 4.79 Å². The maximum absolute atomic E-state index is 11.8. The first-order valence-corrected chi connectivity index (χ1v) is 4.89. The molecule has 3 nitrogen and oxygen atoms in total. The topological polar surface area (TPSA) is 46.3 Å². The summed E-state index contributed by atoms with van der Waals surface area (Å²) in [6.07, 6.45) is 7.01. The molecule has 0 spiro atoms. The minimum Gasteiger partial charge on any atom is -0.342 e. The zero-order valence-corrected chi connectivity index (χ0v) is 7.94. The normalized spacial score (nSPS) is 32.2. The van der Waals surface area contributed by atoms with Crippen LogP contribution in [0.25, 0.3) is 0 Å². The molecule has 2 atom stereocenters. The molecule has 2 rings (SSSR count). The van der Waals surface area contributed by atoms with Crippen molar-refractivity contribution >= 4 is 5.91 Å². The molecule has 2 unspecified atom stereocenters. The van der Waals surface area contributed by atoms with Gasteiger partial charge in [-0.25, -0.2) is 0 Å². The van der Waals surface area contributed by atoms with Crippen LogP contribution >= 0.6 is 0 Å². The molecule has 3 heteroatoms. The van der Waals surface area contributed by atoms with Crippen LogP contribution < -0.4 is 5.73 Å². The van der Waals surface area contributed by atoms with Crippen molar-refractivity contribution in [2.45, 2.75) is 31.3 Å². The van der Waals surface area contributed by atoms with Gasteiger partial charge in [0.1, 0.15) is 0 Å². The highest BCUT2D eigenvalue weighted by Gasteiger charge is 2.33. The van der Waals surface area contributed by atoms with Gasteiger partial charge in [-0.05, 0) is 19.3 Å². The van der Waals surface area contributed by atoms with Gasteiger partial charge in [-0.1, -0.05) is 12.2 Å². The van der Waals surface area contributed by atoms with E-state index in [1.54, 1.807) is 0 Å². The Bertz CT molecular complexity index is 245. The molecule has 2 aliphatic carbocycles. The largest absolute Gasteiger partial charge is 0.342 e. The van der Waals surface area contributed by atoms with Gasteiger partial charge >= 0.3 is 0 Å². The molecule has 72 valence electrons. The summed E-state index contributed by atoms with van der Waals surface area (Å²) >= 11 is 0. The van der Waals surface area contributed by atoms with Crippen LogP contribution in [0.15, 0.2) is 12.2 Å². The molecule has 1 amide bonds. The van der Waals surface area contributed by atoms with Gasteiger partial charge in [0.25, 0.3) is 0 Å². The minimum atomic E-state index is 0.0422. The first-order chi connectivity index (χ1) is 6.18. The third kappa shape index (κ3) is 1.75. The van der Waals surface area contributed by atoms with E-state index >= 15 is 0 Å². The second-order valence-electron chi connectivity index (χ2n) is 4.07. The van der Waals surface area contributed by atoms with E-state index in [-0.39, 0.29) is 17.9 Å². The van der Waals surface area contributed by atoms with E-state index in [4.69, 9.17) is 5.73 Å². The van der Waals surface area contributed by atoms with Gasteiger partial charge in [-0.2, -0.15) is 0 Å². The van der Waals surface area contributed by atoms with Gasteiger partial charge in [-0.3, -0.25) is 4.79 Å². The van der Waals surface area contributed by atoms with Gasteiger partial charge in [-0.15, -0.1) is 0 Å². The van der Waals surface area contributed by atoms with E-state index in [1.165, 1.54) is 12.8 Å². The Hall–Kier alpha value is -0.830. The summed E-state index contributed by atoms with van der Waals surface area (Å²) in [6.45, 7) is 0. The number of hydrogen-bond acceptors (Lipinski definition) is 2. The lowest BCUT2D eigenvalue weighted by molar-refractivity contribution is -0.133. The summed E-state index contributed by atoms with van der Waals surface area (Å²) in [4.78, 5) is 13.7. The van der Waals surface area contributed by atoms with E-state index in [0.29, 0.717) is 6.04 Å². The predicted octanol–water partition coefficient (Wildman–Crippen LogP) is 0.511. The zero-order valence-electron chi connectivity index (χ0n) is 7.94. The molecule has 0 radical (unpaired) electrons. The Balaban J connectivity index is 1.93. The van der Waals surface area contributed by atoms with E-state index in [2.05, 4.69) is 0 Å². The lowest BCUT2D eigenvalue weighted by Gasteiger charge is -2.19. The Morgan fingerprint density at radius 2 is 2.15 bits per heavy atom. The van der Waals surface area contributed by atoms with E-state index in [0.717, 1.165) is 6.42 Å². The van der Waals surface area contributed by atoms with Crippen molar-refractivity contribution in [2.24, 2.45) is 11.7 Å². The second-order valence-corrected chi connectivity index (χ2v) is 4.07. The summed E-state index contributed by atoms with van der Waals surface area (Å²) in [5.41, 5.74) is 5.70. The lowest BCUT2D eigenvalue weighted by atomic mass is 10.1. The van der Waals surface area contributed by atoms with Crippen molar-refractivity contribution in [1.29, 1.82) is 0 Å². The Morgan fingerprint density at radius 1 is 1.46 bits per heavy atom. The van der Waals surface area contributed by atoms with E-state index in [1.807, 2.05) is 24.1 Å². The van der Waals surface area contributed by atoms with Crippen LogP contribution in [0.1, 0.15) is 19.3 Å². The fourth-order valence-electron chi connectivity index (χ4n) is 1.81. The monoisotopic (exact) mass is 180 g/mol. The molecule has 0 aromatic carbocycles. The Labute approximate surface area is 78.6 Å². The molecule has 2 N–H and O–H groups in total. The molecule has 0 bridgehead atoms. The number of hydrogen-bond donors (Lipinski definition) is 1. The molecular formula is C10H16N2O. The highest BCUT2D eigenvalue weighted by atomic mass is 16.2. The predicted molar refractivity (Wildman–Crippen MR) is 51.0 cm³/mol. The smallest absolute Gasteiger partial charge is 0.229 e. The van der Waals surface area contributed by atoms with Crippen molar-refractivity contribution in [3.8, 4) is 0 Å². The fraction of sp³-hybridized carbons (Fsp3) is 0.700. The Morgan fingerprint density at radius 3 is 2.62 bits per heavy atom.